The molecule has 2 aromatic rings. The SMILES string of the molecule is O=C(NCC#Cc1cc(F)cc(C(=O)O)c1)OCc1ccccc1. The van der Waals surface area contributed by atoms with Gasteiger partial charge in [0.25, 0.3) is 0 Å². The van der Waals surface area contributed by atoms with Crippen LogP contribution >= 0.6 is 0 Å². The molecule has 24 heavy (non-hydrogen) atoms. The second kappa shape index (κ2) is 8.34. The number of carboxylic acid groups (broad SMARTS) is 1. The van der Waals surface area contributed by atoms with Crippen LogP contribution in [-0.4, -0.2) is 23.7 Å². The Hall–Kier alpha value is -3.33. The zero-order chi connectivity index (χ0) is 17.4. The van der Waals surface area contributed by atoms with Gasteiger partial charge >= 0.3 is 12.1 Å². The van der Waals surface area contributed by atoms with E-state index in [0.29, 0.717) is 0 Å². The molecule has 0 atom stereocenters. The summed E-state index contributed by atoms with van der Waals surface area (Å²) in [4.78, 5) is 22.3. The van der Waals surface area contributed by atoms with E-state index < -0.39 is 17.9 Å². The van der Waals surface area contributed by atoms with Crippen molar-refractivity contribution in [2.24, 2.45) is 0 Å². The molecule has 5 nitrogen and oxygen atoms in total. The number of carbonyl (C=O) groups is 2. The van der Waals surface area contributed by atoms with Gasteiger partial charge in [-0.05, 0) is 23.8 Å². The zero-order valence-corrected chi connectivity index (χ0v) is 12.6. The number of carboxylic acids is 1. The van der Waals surface area contributed by atoms with Gasteiger partial charge in [0.1, 0.15) is 12.4 Å². The van der Waals surface area contributed by atoms with Gasteiger partial charge in [0.15, 0.2) is 0 Å². The van der Waals surface area contributed by atoms with Crippen molar-refractivity contribution in [2.45, 2.75) is 6.61 Å². The first-order valence-corrected chi connectivity index (χ1v) is 7.02. The maximum Gasteiger partial charge on any atom is 0.408 e. The van der Waals surface area contributed by atoms with E-state index >= 15 is 0 Å². The molecule has 2 N–H and O–H groups in total. The van der Waals surface area contributed by atoms with Crippen LogP contribution in [0.1, 0.15) is 21.5 Å². The summed E-state index contributed by atoms with van der Waals surface area (Å²) < 4.78 is 18.3. The molecule has 0 aromatic heterocycles. The number of aromatic carboxylic acids is 1. The lowest BCUT2D eigenvalue weighted by Crippen LogP contribution is -2.24. The number of rotatable bonds is 4. The van der Waals surface area contributed by atoms with E-state index in [-0.39, 0.29) is 24.3 Å². The summed E-state index contributed by atoms with van der Waals surface area (Å²) in [5.74, 6) is 3.27. The summed E-state index contributed by atoms with van der Waals surface area (Å²) in [6.45, 7) is 0.137. The summed E-state index contributed by atoms with van der Waals surface area (Å²) in [7, 11) is 0. The Morgan fingerprint density at radius 2 is 1.92 bits per heavy atom. The smallest absolute Gasteiger partial charge is 0.408 e. The maximum atomic E-state index is 13.3. The topological polar surface area (TPSA) is 75.6 Å². The van der Waals surface area contributed by atoms with Crippen molar-refractivity contribution in [3.63, 3.8) is 0 Å². The Morgan fingerprint density at radius 3 is 2.62 bits per heavy atom. The summed E-state index contributed by atoms with van der Waals surface area (Å²) in [5.41, 5.74) is 0.890. The van der Waals surface area contributed by atoms with Crippen LogP contribution in [0.15, 0.2) is 48.5 Å². The number of ether oxygens (including phenoxy) is 1. The highest BCUT2D eigenvalue weighted by Gasteiger charge is 2.05. The van der Waals surface area contributed by atoms with Crippen molar-refractivity contribution in [3.8, 4) is 11.8 Å². The number of nitrogens with one attached hydrogen (secondary N) is 1. The first-order chi connectivity index (χ1) is 11.5. The largest absolute Gasteiger partial charge is 0.478 e. The number of hydrogen-bond acceptors (Lipinski definition) is 3. The van der Waals surface area contributed by atoms with Crippen LogP contribution in [0.25, 0.3) is 0 Å². The Balaban J connectivity index is 1.83. The van der Waals surface area contributed by atoms with E-state index in [1.165, 1.54) is 6.07 Å². The van der Waals surface area contributed by atoms with Crippen molar-refractivity contribution >= 4 is 12.1 Å². The number of hydrogen-bond donors (Lipinski definition) is 2. The molecule has 0 unspecified atom stereocenters. The van der Waals surface area contributed by atoms with Crippen molar-refractivity contribution in [3.05, 3.63) is 71.0 Å². The Labute approximate surface area is 138 Å². The molecule has 122 valence electrons. The quantitative estimate of drug-likeness (QED) is 0.847. The van der Waals surface area contributed by atoms with E-state index in [4.69, 9.17) is 9.84 Å². The molecule has 0 heterocycles. The molecule has 0 fully saturated rings. The lowest BCUT2D eigenvalue weighted by molar-refractivity contribution is 0.0696. The fourth-order valence-corrected chi connectivity index (χ4v) is 1.82. The summed E-state index contributed by atoms with van der Waals surface area (Å²) in [6.07, 6.45) is -0.626. The van der Waals surface area contributed by atoms with E-state index in [9.17, 15) is 14.0 Å². The molecule has 6 heteroatoms. The fourth-order valence-electron chi connectivity index (χ4n) is 1.82. The van der Waals surface area contributed by atoms with Gasteiger partial charge in [-0.1, -0.05) is 42.2 Å². The predicted molar refractivity (Wildman–Crippen MR) is 84.9 cm³/mol. The van der Waals surface area contributed by atoms with E-state index in [1.54, 1.807) is 0 Å². The second-order valence-electron chi connectivity index (χ2n) is 4.75. The highest BCUT2D eigenvalue weighted by atomic mass is 19.1. The van der Waals surface area contributed by atoms with Crippen LogP contribution < -0.4 is 5.32 Å². The molecular formula is C18H14FNO4. The van der Waals surface area contributed by atoms with E-state index in [2.05, 4.69) is 17.2 Å². The molecule has 0 radical (unpaired) electrons. The first kappa shape index (κ1) is 17.0. The van der Waals surface area contributed by atoms with Gasteiger partial charge in [-0.3, -0.25) is 0 Å². The van der Waals surface area contributed by atoms with Crippen molar-refractivity contribution in [2.75, 3.05) is 6.54 Å². The highest BCUT2D eigenvalue weighted by Crippen LogP contribution is 2.08. The number of carbonyl (C=O) groups excluding carboxylic acids is 1. The van der Waals surface area contributed by atoms with Gasteiger partial charge in [0, 0.05) is 5.56 Å². The fraction of sp³-hybridized carbons (Fsp3) is 0.111. The average molecular weight is 327 g/mol. The number of alkyl carbamates (subject to hydrolysis) is 1. The molecule has 0 aliphatic carbocycles. The van der Waals surface area contributed by atoms with Crippen LogP contribution in [0.4, 0.5) is 9.18 Å². The minimum Gasteiger partial charge on any atom is -0.478 e. The Morgan fingerprint density at radius 1 is 1.17 bits per heavy atom. The van der Waals surface area contributed by atoms with Gasteiger partial charge < -0.3 is 15.2 Å². The Bertz CT molecular complexity index is 794. The van der Waals surface area contributed by atoms with Gasteiger partial charge in [-0.15, -0.1) is 0 Å². The molecule has 0 saturated carbocycles. The number of benzene rings is 2. The number of amides is 1. The van der Waals surface area contributed by atoms with Crippen molar-refractivity contribution in [1.29, 1.82) is 0 Å². The summed E-state index contributed by atoms with van der Waals surface area (Å²) in [5, 5.41) is 11.3. The molecule has 2 rings (SSSR count). The molecule has 0 spiro atoms. The first-order valence-electron chi connectivity index (χ1n) is 7.02. The third-order valence-corrected chi connectivity index (χ3v) is 2.91. The van der Waals surface area contributed by atoms with Gasteiger partial charge in [-0.2, -0.15) is 0 Å². The lowest BCUT2D eigenvalue weighted by atomic mass is 10.1. The molecule has 1 amide bonds. The van der Waals surface area contributed by atoms with Gasteiger partial charge in [0.05, 0.1) is 12.1 Å². The molecule has 2 aromatic carbocycles. The summed E-state index contributed by atoms with van der Waals surface area (Å²) in [6, 6.07) is 12.5. The van der Waals surface area contributed by atoms with Crippen LogP contribution in [0, 0.1) is 17.7 Å². The van der Waals surface area contributed by atoms with Crippen molar-refractivity contribution < 1.29 is 23.8 Å². The molecule has 0 bridgehead atoms. The van der Waals surface area contributed by atoms with Gasteiger partial charge in [-0.25, -0.2) is 14.0 Å². The Kier molecular flexibility index (Phi) is 5.92. The maximum absolute atomic E-state index is 13.3. The lowest BCUT2D eigenvalue weighted by Gasteiger charge is -2.04. The van der Waals surface area contributed by atoms with E-state index in [1.807, 2.05) is 30.3 Å². The number of halogens is 1. The predicted octanol–water partition coefficient (Wildman–Crippen LogP) is 2.80. The van der Waals surface area contributed by atoms with E-state index in [0.717, 1.165) is 17.7 Å². The van der Waals surface area contributed by atoms with Crippen LogP contribution in [-0.2, 0) is 11.3 Å². The molecule has 0 aliphatic heterocycles. The average Bonchev–Trinajstić information content (AvgIpc) is 2.57. The third kappa shape index (κ3) is 5.46. The summed E-state index contributed by atoms with van der Waals surface area (Å²) >= 11 is 0. The molecule has 0 saturated heterocycles. The third-order valence-electron chi connectivity index (χ3n) is 2.91. The van der Waals surface area contributed by atoms with Crippen LogP contribution in [0.2, 0.25) is 0 Å². The zero-order valence-electron chi connectivity index (χ0n) is 12.6. The standard InChI is InChI=1S/C18H14FNO4/c19-16-10-14(9-15(11-16)17(21)22)7-4-8-20-18(23)24-12-13-5-2-1-3-6-13/h1-3,5-6,9-11H,8,12H2,(H,20,23)(H,21,22). The second-order valence-corrected chi connectivity index (χ2v) is 4.75. The van der Waals surface area contributed by atoms with Crippen LogP contribution in [0.5, 0.6) is 0 Å². The van der Waals surface area contributed by atoms with Crippen LogP contribution in [0.3, 0.4) is 0 Å². The minimum atomic E-state index is -1.24. The molecule has 0 aliphatic rings. The highest BCUT2D eigenvalue weighted by molar-refractivity contribution is 5.88. The van der Waals surface area contributed by atoms with Gasteiger partial charge in [0.2, 0.25) is 0 Å². The monoisotopic (exact) mass is 327 g/mol. The van der Waals surface area contributed by atoms with Crippen molar-refractivity contribution in [1.82, 2.24) is 5.32 Å². The normalized spacial score (nSPS) is 9.54. The minimum absolute atomic E-state index is 0.00740. The molecular weight excluding hydrogens is 313 g/mol.